The maximum Gasteiger partial charge on any atom is 0.246 e. The molecule has 3 fully saturated rings. The highest BCUT2D eigenvalue weighted by Crippen LogP contribution is 2.58. The molecule has 8 nitrogen and oxygen atoms in total. The van der Waals surface area contributed by atoms with Crippen LogP contribution in [0.5, 0.6) is 0 Å². The van der Waals surface area contributed by atoms with E-state index in [4.69, 9.17) is 4.74 Å². The van der Waals surface area contributed by atoms with Crippen molar-refractivity contribution in [3.8, 4) is 0 Å². The highest BCUT2D eigenvalue weighted by molar-refractivity contribution is 5.99. The van der Waals surface area contributed by atoms with E-state index in [1.165, 1.54) is 4.90 Å². The Morgan fingerprint density at radius 1 is 1.24 bits per heavy atom. The maximum atomic E-state index is 13.5. The van der Waals surface area contributed by atoms with Crippen molar-refractivity contribution in [1.82, 2.24) is 15.5 Å². The van der Waals surface area contributed by atoms with Gasteiger partial charge in [-0.25, -0.2) is 0 Å². The Kier molecular flexibility index (Phi) is 5.49. The lowest BCUT2D eigenvalue weighted by Crippen LogP contribution is -2.59. The minimum atomic E-state index is -1.00. The zero-order chi connectivity index (χ0) is 21.8. The minimum absolute atomic E-state index is 0.0144. The van der Waals surface area contributed by atoms with E-state index in [9.17, 15) is 19.5 Å². The molecule has 0 aromatic carbocycles. The van der Waals surface area contributed by atoms with Crippen LogP contribution >= 0.6 is 0 Å². The second-order valence-electron chi connectivity index (χ2n) is 10.5. The summed E-state index contributed by atoms with van der Waals surface area (Å²) in [5.74, 6) is -2.06. The molecule has 3 N–H and O–H groups in total. The van der Waals surface area contributed by atoms with E-state index in [0.717, 1.165) is 6.42 Å². The van der Waals surface area contributed by atoms with Gasteiger partial charge in [0.2, 0.25) is 17.7 Å². The van der Waals surface area contributed by atoms with Crippen LogP contribution in [0.25, 0.3) is 0 Å². The number of hydrogen-bond donors (Lipinski definition) is 3. The van der Waals surface area contributed by atoms with Crippen molar-refractivity contribution >= 4 is 17.7 Å². The lowest BCUT2D eigenvalue weighted by molar-refractivity contribution is -0.143. The lowest BCUT2D eigenvalue weighted by atomic mass is 9.70. The first-order valence-corrected chi connectivity index (χ1v) is 10.5. The zero-order valence-corrected chi connectivity index (χ0v) is 18.4. The van der Waals surface area contributed by atoms with Crippen molar-refractivity contribution in [2.45, 2.75) is 77.2 Å². The van der Waals surface area contributed by atoms with Crippen molar-refractivity contribution < 1.29 is 24.2 Å². The molecular weight excluding hydrogens is 374 g/mol. The standard InChI is InChI=1S/C21H35N3O5/c1-19(2,3)11-20(4,5)23-17(27)15-21-8-7-12(29-21)13(16(26)22-6)14(21)18(28)24(15)9-10-25/h12-15,25H,7-11H2,1-6H3,(H,22,26)(H,23,27)/t12-,13+,14+,15?,21?/m1/s1. The minimum Gasteiger partial charge on any atom is -0.395 e. The van der Waals surface area contributed by atoms with E-state index >= 15 is 0 Å². The number of nitrogens with zero attached hydrogens (tertiary/aromatic N) is 1. The van der Waals surface area contributed by atoms with Gasteiger partial charge in [-0.2, -0.15) is 0 Å². The summed E-state index contributed by atoms with van der Waals surface area (Å²) in [6, 6.07) is -0.842. The van der Waals surface area contributed by atoms with Crippen LogP contribution in [0.2, 0.25) is 0 Å². The molecule has 3 amide bonds. The summed E-state index contributed by atoms with van der Waals surface area (Å²) in [6.07, 6.45) is 1.61. The quantitative estimate of drug-likeness (QED) is 0.590. The summed E-state index contributed by atoms with van der Waals surface area (Å²) in [5.41, 5.74) is -1.47. The SMILES string of the molecule is CNC(=O)[C@@H]1[C@H]2C(=O)N(CCO)C(C(=O)NC(C)(C)CC(C)(C)C)C23CC[C@H]1O3. The van der Waals surface area contributed by atoms with Crippen molar-refractivity contribution in [2.24, 2.45) is 17.3 Å². The summed E-state index contributed by atoms with van der Waals surface area (Å²) in [5, 5.41) is 15.3. The van der Waals surface area contributed by atoms with Crippen LogP contribution in [0.4, 0.5) is 0 Å². The number of aliphatic hydroxyl groups excluding tert-OH is 1. The number of amides is 3. The van der Waals surface area contributed by atoms with Crippen molar-refractivity contribution in [1.29, 1.82) is 0 Å². The molecule has 3 rings (SSSR count). The second kappa shape index (κ2) is 7.23. The molecule has 8 heteroatoms. The molecule has 3 heterocycles. The number of rotatable bonds is 6. The number of carbonyl (C=O) groups excluding carboxylic acids is 3. The highest BCUT2D eigenvalue weighted by atomic mass is 16.5. The van der Waals surface area contributed by atoms with Gasteiger partial charge >= 0.3 is 0 Å². The first kappa shape index (κ1) is 22.0. The third kappa shape index (κ3) is 3.65. The molecule has 29 heavy (non-hydrogen) atoms. The van der Waals surface area contributed by atoms with Gasteiger partial charge in [0.1, 0.15) is 11.6 Å². The number of ether oxygens (including phenoxy) is 1. The Balaban J connectivity index is 1.93. The van der Waals surface area contributed by atoms with Gasteiger partial charge in [-0.3, -0.25) is 14.4 Å². The summed E-state index contributed by atoms with van der Waals surface area (Å²) in [6.45, 7) is 10.1. The van der Waals surface area contributed by atoms with E-state index in [0.29, 0.717) is 12.8 Å². The van der Waals surface area contributed by atoms with E-state index < -0.39 is 29.0 Å². The molecule has 0 aliphatic carbocycles. The van der Waals surface area contributed by atoms with E-state index in [1.807, 2.05) is 13.8 Å². The molecule has 0 radical (unpaired) electrons. The predicted octanol–water partition coefficient (Wildman–Crippen LogP) is 0.430. The first-order chi connectivity index (χ1) is 13.4. The summed E-state index contributed by atoms with van der Waals surface area (Å²) in [4.78, 5) is 40.7. The molecule has 0 aromatic heterocycles. The Bertz CT molecular complexity index is 701. The normalized spacial score (nSPS) is 33.8. The monoisotopic (exact) mass is 409 g/mol. The van der Waals surface area contributed by atoms with Crippen LogP contribution < -0.4 is 10.6 Å². The van der Waals surface area contributed by atoms with Crippen LogP contribution in [0.1, 0.15) is 53.9 Å². The van der Waals surface area contributed by atoms with Gasteiger partial charge in [0.05, 0.1) is 24.5 Å². The van der Waals surface area contributed by atoms with Gasteiger partial charge in [0.15, 0.2) is 0 Å². The molecule has 164 valence electrons. The third-order valence-electron chi connectivity index (χ3n) is 6.37. The molecular formula is C21H35N3O5. The van der Waals surface area contributed by atoms with Crippen LogP contribution in [0.3, 0.4) is 0 Å². The molecule has 2 bridgehead atoms. The molecule has 3 aliphatic heterocycles. The molecule has 5 atom stereocenters. The van der Waals surface area contributed by atoms with Crippen LogP contribution in [0, 0.1) is 17.3 Å². The molecule has 2 unspecified atom stereocenters. The van der Waals surface area contributed by atoms with E-state index in [2.05, 4.69) is 31.4 Å². The number of hydrogen-bond acceptors (Lipinski definition) is 5. The first-order valence-electron chi connectivity index (χ1n) is 10.5. The number of nitrogens with one attached hydrogen (secondary N) is 2. The molecule has 1 spiro atoms. The van der Waals surface area contributed by atoms with E-state index in [-0.39, 0.29) is 42.4 Å². The number of aliphatic hydroxyl groups is 1. The average Bonchev–Trinajstić information content (AvgIpc) is 3.20. The van der Waals surface area contributed by atoms with Gasteiger partial charge < -0.3 is 25.4 Å². The van der Waals surface area contributed by atoms with Gasteiger partial charge in [-0.1, -0.05) is 20.8 Å². The van der Waals surface area contributed by atoms with Crippen molar-refractivity contribution in [3.63, 3.8) is 0 Å². The smallest absolute Gasteiger partial charge is 0.246 e. The fourth-order valence-corrected chi connectivity index (χ4v) is 6.04. The highest BCUT2D eigenvalue weighted by Gasteiger charge is 2.74. The Hall–Kier alpha value is -1.67. The van der Waals surface area contributed by atoms with Gasteiger partial charge in [0, 0.05) is 19.1 Å². The number of fused-ring (bicyclic) bond motifs is 1. The largest absolute Gasteiger partial charge is 0.395 e. The Morgan fingerprint density at radius 3 is 2.45 bits per heavy atom. The third-order valence-corrected chi connectivity index (χ3v) is 6.37. The topological polar surface area (TPSA) is 108 Å². The summed E-state index contributed by atoms with van der Waals surface area (Å²) >= 11 is 0. The average molecular weight is 410 g/mol. The number of likely N-dealkylation sites (tertiary alicyclic amines) is 1. The zero-order valence-electron chi connectivity index (χ0n) is 18.4. The fourth-order valence-electron chi connectivity index (χ4n) is 6.04. The molecule has 3 saturated heterocycles. The van der Waals surface area contributed by atoms with Gasteiger partial charge in [-0.05, 0) is 38.5 Å². The maximum absolute atomic E-state index is 13.5. The van der Waals surface area contributed by atoms with Crippen LogP contribution in [0.15, 0.2) is 0 Å². The Labute approximate surface area is 172 Å². The molecule has 0 saturated carbocycles. The van der Waals surface area contributed by atoms with Gasteiger partial charge in [0.25, 0.3) is 0 Å². The van der Waals surface area contributed by atoms with Crippen LogP contribution in [-0.4, -0.2) is 71.2 Å². The number of β-amino-alcohol motifs (C(OH)–C–C–N with tert-alkyl or cyclic N) is 1. The number of carbonyl (C=O) groups is 3. The summed E-state index contributed by atoms with van der Waals surface area (Å²) in [7, 11) is 1.55. The molecule has 0 aromatic rings. The van der Waals surface area contributed by atoms with E-state index in [1.54, 1.807) is 7.05 Å². The lowest BCUT2D eigenvalue weighted by Gasteiger charge is -2.38. The van der Waals surface area contributed by atoms with Crippen molar-refractivity contribution in [3.05, 3.63) is 0 Å². The fraction of sp³-hybridized carbons (Fsp3) is 0.857. The van der Waals surface area contributed by atoms with Gasteiger partial charge in [-0.15, -0.1) is 0 Å². The van der Waals surface area contributed by atoms with Crippen LogP contribution in [-0.2, 0) is 19.1 Å². The van der Waals surface area contributed by atoms with Crippen molar-refractivity contribution in [2.75, 3.05) is 20.2 Å². The summed E-state index contributed by atoms with van der Waals surface area (Å²) < 4.78 is 6.25. The second-order valence-corrected chi connectivity index (χ2v) is 10.5. The molecule has 3 aliphatic rings. The predicted molar refractivity (Wildman–Crippen MR) is 107 cm³/mol. The Morgan fingerprint density at radius 2 is 1.90 bits per heavy atom.